The SMILES string of the molecule is Cc1ccc(S(=O)(=O)NCCN)cc1C(F)(F)F. The lowest BCUT2D eigenvalue weighted by atomic mass is 10.1. The maximum Gasteiger partial charge on any atom is 0.416 e. The lowest BCUT2D eigenvalue weighted by Gasteiger charge is -2.12. The van der Waals surface area contributed by atoms with E-state index in [9.17, 15) is 21.6 Å². The van der Waals surface area contributed by atoms with Crippen molar-refractivity contribution in [3.05, 3.63) is 29.3 Å². The Bertz CT molecular complexity index is 526. The largest absolute Gasteiger partial charge is 0.416 e. The van der Waals surface area contributed by atoms with E-state index < -0.39 is 26.7 Å². The summed E-state index contributed by atoms with van der Waals surface area (Å²) in [5, 5.41) is 0. The van der Waals surface area contributed by atoms with Gasteiger partial charge in [0.1, 0.15) is 0 Å². The van der Waals surface area contributed by atoms with Gasteiger partial charge in [-0.15, -0.1) is 0 Å². The second kappa shape index (κ2) is 5.25. The number of alkyl halides is 3. The highest BCUT2D eigenvalue weighted by Crippen LogP contribution is 2.33. The number of aryl methyl sites for hydroxylation is 1. The number of nitrogens with two attached hydrogens (primary N) is 1. The van der Waals surface area contributed by atoms with Crippen molar-refractivity contribution in [3.63, 3.8) is 0 Å². The van der Waals surface area contributed by atoms with Crippen LogP contribution in [0.2, 0.25) is 0 Å². The number of benzene rings is 1. The molecule has 0 atom stereocenters. The van der Waals surface area contributed by atoms with Gasteiger partial charge in [0.15, 0.2) is 0 Å². The summed E-state index contributed by atoms with van der Waals surface area (Å²) >= 11 is 0. The predicted octanol–water partition coefficient (Wildman–Crippen LogP) is 1.25. The summed E-state index contributed by atoms with van der Waals surface area (Å²) in [6.07, 6.45) is -4.58. The van der Waals surface area contributed by atoms with Gasteiger partial charge < -0.3 is 5.73 Å². The molecule has 0 amide bonds. The zero-order valence-corrected chi connectivity index (χ0v) is 10.4. The minimum Gasteiger partial charge on any atom is -0.329 e. The zero-order chi connectivity index (χ0) is 14.0. The summed E-state index contributed by atoms with van der Waals surface area (Å²) in [5.41, 5.74) is 4.14. The van der Waals surface area contributed by atoms with Gasteiger partial charge in [-0.3, -0.25) is 0 Å². The zero-order valence-electron chi connectivity index (χ0n) is 9.58. The standard InChI is InChI=1S/C10H13F3N2O2S/c1-7-2-3-8(6-9(7)10(11,12)13)18(16,17)15-5-4-14/h2-3,6,15H,4-5,14H2,1H3. The molecule has 0 unspecified atom stereocenters. The van der Waals surface area contributed by atoms with Gasteiger partial charge in [-0.1, -0.05) is 6.07 Å². The highest BCUT2D eigenvalue weighted by molar-refractivity contribution is 7.89. The molecule has 0 aliphatic heterocycles. The fourth-order valence-electron chi connectivity index (χ4n) is 1.35. The topological polar surface area (TPSA) is 72.2 Å². The average molecular weight is 282 g/mol. The van der Waals surface area contributed by atoms with Crippen molar-refractivity contribution < 1.29 is 21.6 Å². The molecule has 0 radical (unpaired) electrons. The molecule has 0 saturated heterocycles. The van der Waals surface area contributed by atoms with E-state index in [4.69, 9.17) is 5.73 Å². The number of hydrogen-bond acceptors (Lipinski definition) is 3. The molecule has 0 saturated carbocycles. The first-order chi connectivity index (χ1) is 8.18. The van der Waals surface area contributed by atoms with Gasteiger partial charge in [-0.05, 0) is 24.6 Å². The Labute approximate surface area is 103 Å². The number of hydrogen-bond donors (Lipinski definition) is 2. The second-order valence-electron chi connectivity index (χ2n) is 3.66. The van der Waals surface area contributed by atoms with Gasteiger partial charge in [0.2, 0.25) is 10.0 Å². The van der Waals surface area contributed by atoms with Crippen molar-refractivity contribution in [3.8, 4) is 0 Å². The van der Waals surface area contributed by atoms with E-state index in [1.165, 1.54) is 6.92 Å². The van der Waals surface area contributed by atoms with Crippen LogP contribution in [0, 0.1) is 6.92 Å². The molecule has 0 bridgehead atoms. The summed E-state index contributed by atoms with van der Waals surface area (Å²) in [6.45, 7) is 1.31. The molecule has 18 heavy (non-hydrogen) atoms. The van der Waals surface area contributed by atoms with Crippen molar-refractivity contribution in [2.75, 3.05) is 13.1 Å². The predicted molar refractivity (Wildman–Crippen MR) is 60.4 cm³/mol. The molecule has 0 aliphatic carbocycles. The molecule has 1 aromatic rings. The van der Waals surface area contributed by atoms with Gasteiger partial charge >= 0.3 is 6.18 Å². The fourth-order valence-corrected chi connectivity index (χ4v) is 2.42. The fraction of sp³-hybridized carbons (Fsp3) is 0.400. The Morgan fingerprint density at radius 1 is 1.33 bits per heavy atom. The van der Waals surface area contributed by atoms with E-state index in [1.54, 1.807) is 0 Å². The van der Waals surface area contributed by atoms with Crippen LogP contribution in [-0.4, -0.2) is 21.5 Å². The summed E-state index contributed by atoms with van der Waals surface area (Å²) in [5.74, 6) is 0. The molecule has 102 valence electrons. The average Bonchev–Trinajstić information content (AvgIpc) is 2.25. The Hall–Kier alpha value is -1.12. The van der Waals surface area contributed by atoms with Crippen molar-refractivity contribution in [2.24, 2.45) is 5.73 Å². The molecule has 0 aromatic heterocycles. The molecule has 4 nitrogen and oxygen atoms in total. The Morgan fingerprint density at radius 2 is 1.94 bits per heavy atom. The lowest BCUT2D eigenvalue weighted by molar-refractivity contribution is -0.138. The van der Waals surface area contributed by atoms with Crippen LogP contribution in [0.1, 0.15) is 11.1 Å². The second-order valence-corrected chi connectivity index (χ2v) is 5.43. The number of halogens is 3. The number of sulfonamides is 1. The Kier molecular flexibility index (Phi) is 4.36. The third-order valence-corrected chi connectivity index (χ3v) is 3.72. The van der Waals surface area contributed by atoms with Gasteiger partial charge in [0.05, 0.1) is 10.5 Å². The van der Waals surface area contributed by atoms with E-state index >= 15 is 0 Å². The summed E-state index contributed by atoms with van der Waals surface area (Å²) in [4.78, 5) is -0.422. The van der Waals surface area contributed by atoms with Crippen LogP contribution >= 0.6 is 0 Å². The van der Waals surface area contributed by atoms with Crippen molar-refractivity contribution in [2.45, 2.75) is 18.0 Å². The number of rotatable bonds is 4. The van der Waals surface area contributed by atoms with Crippen LogP contribution in [0.3, 0.4) is 0 Å². The molecule has 1 aromatic carbocycles. The molecule has 0 heterocycles. The molecular formula is C10H13F3N2O2S. The van der Waals surface area contributed by atoms with Gasteiger partial charge in [0.25, 0.3) is 0 Å². The minimum absolute atomic E-state index is 0.0275. The van der Waals surface area contributed by atoms with Crippen molar-refractivity contribution in [1.82, 2.24) is 4.72 Å². The molecular weight excluding hydrogens is 269 g/mol. The van der Waals surface area contributed by atoms with Crippen LogP contribution in [0.4, 0.5) is 13.2 Å². The normalized spacial score (nSPS) is 12.7. The highest BCUT2D eigenvalue weighted by Gasteiger charge is 2.33. The van der Waals surface area contributed by atoms with E-state index in [-0.39, 0.29) is 18.7 Å². The van der Waals surface area contributed by atoms with E-state index in [0.29, 0.717) is 6.07 Å². The maximum atomic E-state index is 12.6. The first-order valence-corrected chi connectivity index (χ1v) is 6.54. The molecule has 0 fully saturated rings. The van der Waals surface area contributed by atoms with Crippen LogP contribution in [-0.2, 0) is 16.2 Å². The van der Waals surface area contributed by atoms with Gasteiger partial charge in [0, 0.05) is 13.1 Å². The van der Waals surface area contributed by atoms with Crippen molar-refractivity contribution >= 4 is 10.0 Å². The van der Waals surface area contributed by atoms with Crippen LogP contribution in [0.25, 0.3) is 0 Å². The first kappa shape index (κ1) is 14.9. The molecule has 3 N–H and O–H groups in total. The van der Waals surface area contributed by atoms with E-state index in [2.05, 4.69) is 4.72 Å². The quantitative estimate of drug-likeness (QED) is 0.873. The Morgan fingerprint density at radius 3 is 2.44 bits per heavy atom. The maximum absolute atomic E-state index is 12.6. The lowest BCUT2D eigenvalue weighted by Crippen LogP contribution is -2.29. The first-order valence-electron chi connectivity index (χ1n) is 5.06. The van der Waals surface area contributed by atoms with Gasteiger partial charge in [-0.25, -0.2) is 13.1 Å². The molecule has 8 heteroatoms. The third kappa shape index (κ3) is 3.44. The van der Waals surface area contributed by atoms with Crippen LogP contribution in [0.15, 0.2) is 23.1 Å². The van der Waals surface area contributed by atoms with E-state index in [0.717, 1.165) is 12.1 Å². The van der Waals surface area contributed by atoms with Crippen LogP contribution in [0.5, 0.6) is 0 Å². The van der Waals surface area contributed by atoms with E-state index in [1.807, 2.05) is 0 Å². The molecule has 0 spiro atoms. The summed E-state index contributed by atoms with van der Waals surface area (Å²) in [7, 11) is -3.95. The smallest absolute Gasteiger partial charge is 0.329 e. The highest BCUT2D eigenvalue weighted by atomic mass is 32.2. The van der Waals surface area contributed by atoms with Gasteiger partial charge in [-0.2, -0.15) is 13.2 Å². The monoisotopic (exact) mass is 282 g/mol. The summed E-state index contributed by atoms with van der Waals surface area (Å²) in [6, 6.07) is 2.87. The number of nitrogens with one attached hydrogen (secondary N) is 1. The Balaban J connectivity index is 3.21. The third-order valence-electron chi connectivity index (χ3n) is 2.26. The van der Waals surface area contributed by atoms with Crippen LogP contribution < -0.4 is 10.5 Å². The van der Waals surface area contributed by atoms with Crippen molar-refractivity contribution in [1.29, 1.82) is 0 Å². The molecule has 1 rings (SSSR count). The molecule has 0 aliphatic rings. The summed E-state index contributed by atoms with van der Waals surface area (Å²) < 4.78 is 63.3. The minimum atomic E-state index is -4.58.